The van der Waals surface area contributed by atoms with Crippen LogP contribution < -0.4 is 0 Å². The molecule has 1 aliphatic carbocycles. The largest absolute Gasteiger partial charge is 0.484 e. The quantitative estimate of drug-likeness (QED) is 0.482. The molecule has 2 aliphatic rings. The molecule has 148 valence electrons. The van der Waals surface area contributed by atoms with E-state index in [9.17, 15) is 4.79 Å². The molecule has 1 heterocycles. The molecule has 0 aromatic heterocycles. The molecular formula is C20H34N2O3S. The number of unbranched alkanes of at least 4 members (excludes halogenated alkanes) is 2. The molecule has 0 unspecified atom stereocenters. The highest BCUT2D eigenvalue weighted by Crippen LogP contribution is 2.42. The van der Waals surface area contributed by atoms with E-state index in [-0.39, 0.29) is 11.7 Å². The number of ether oxygens (including phenoxy) is 2. The fourth-order valence-corrected chi connectivity index (χ4v) is 4.06. The topological polar surface area (TPSA) is 42.0 Å². The van der Waals surface area contributed by atoms with E-state index in [1.165, 1.54) is 17.7 Å². The molecule has 1 amide bonds. The molecule has 1 aliphatic heterocycles. The standard InChI is InChI=1S/C20H34N2O3S/c1-6-8-13-22(14-9-7-2)26-21(5)19(23)24-17-12-10-11-16-15-20(3,4)25-18(16)17/h12H,6-11,13-15H2,1-5H3. The number of hydrogen-bond donors (Lipinski definition) is 0. The van der Waals surface area contributed by atoms with Gasteiger partial charge in [-0.2, -0.15) is 0 Å². The highest BCUT2D eigenvalue weighted by Gasteiger charge is 2.36. The van der Waals surface area contributed by atoms with Crippen molar-refractivity contribution in [3.05, 3.63) is 23.2 Å². The summed E-state index contributed by atoms with van der Waals surface area (Å²) in [6, 6.07) is 0. The first-order valence-corrected chi connectivity index (χ1v) is 10.6. The highest BCUT2D eigenvalue weighted by atomic mass is 32.2. The van der Waals surface area contributed by atoms with Gasteiger partial charge in [-0.05, 0) is 51.2 Å². The smallest absolute Gasteiger partial charge is 0.426 e. The zero-order valence-corrected chi connectivity index (χ0v) is 17.8. The summed E-state index contributed by atoms with van der Waals surface area (Å²) < 4.78 is 15.6. The van der Waals surface area contributed by atoms with Crippen molar-refractivity contribution in [2.24, 2.45) is 0 Å². The van der Waals surface area contributed by atoms with Crippen molar-refractivity contribution < 1.29 is 14.3 Å². The molecule has 0 aromatic carbocycles. The van der Waals surface area contributed by atoms with Crippen LogP contribution in [-0.2, 0) is 9.47 Å². The van der Waals surface area contributed by atoms with Gasteiger partial charge < -0.3 is 9.47 Å². The van der Waals surface area contributed by atoms with Crippen LogP contribution in [0.15, 0.2) is 23.2 Å². The molecule has 0 radical (unpaired) electrons. The summed E-state index contributed by atoms with van der Waals surface area (Å²) in [6.07, 6.45) is 8.98. The van der Waals surface area contributed by atoms with Crippen LogP contribution in [0.4, 0.5) is 4.79 Å². The first-order valence-electron chi connectivity index (χ1n) is 9.86. The van der Waals surface area contributed by atoms with Crippen LogP contribution in [0.3, 0.4) is 0 Å². The van der Waals surface area contributed by atoms with Gasteiger partial charge in [0.25, 0.3) is 0 Å². The number of hydrogen-bond acceptors (Lipinski definition) is 5. The van der Waals surface area contributed by atoms with Gasteiger partial charge in [0.2, 0.25) is 0 Å². The summed E-state index contributed by atoms with van der Waals surface area (Å²) in [5.41, 5.74) is 1.06. The van der Waals surface area contributed by atoms with Crippen molar-refractivity contribution in [3.63, 3.8) is 0 Å². The van der Waals surface area contributed by atoms with E-state index >= 15 is 0 Å². The van der Waals surface area contributed by atoms with E-state index in [1.54, 1.807) is 11.4 Å². The van der Waals surface area contributed by atoms with Crippen molar-refractivity contribution >= 4 is 18.2 Å². The van der Waals surface area contributed by atoms with Crippen molar-refractivity contribution in [2.45, 2.75) is 78.2 Å². The van der Waals surface area contributed by atoms with Gasteiger partial charge in [-0.1, -0.05) is 26.7 Å². The fraction of sp³-hybridized carbons (Fsp3) is 0.750. The predicted octanol–water partition coefficient (Wildman–Crippen LogP) is 5.65. The molecule has 0 aromatic rings. The lowest BCUT2D eigenvalue weighted by Crippen LogP contribution is -2.29. The van der Waals surface area contributed by atoms with Gasteiger partial charge in [0.05, 0.1) is 0 Å². The van der Waals surface area contributed by atoms with E-state index < -0.39 is 0 Å². The zero-order valence-electron chi connectivity index (χ0n) is 17.0. The molecule has 0 bridgehead atoms. The molecule has 0 saturated carbocycles. The van der Waals surface area contributed by atoms with Crippen LogP contribution in [-0.4, -0.2) is 40.4 Å². The molecular weight excluding hydrogens is 348 g/mol. The summed E-state index contributed by atoms with van der Waals surface area (Å²) in [5, 5.41) is 0. The first-order chi connectivity index (χ1) is 12.4. The van der Waals surface area contributed by atoms with E-state index in [2.05, 4.69) is 32.0 Å². The maximum absolute atomic E-state index is 12.6. The summed E-state index contributed by atoms with van der Waals surface area (Å²) >= 11 is 1.45. The van der Waals surface area contributed by atoms with Crippen molar-refractivity contribution in [1.82, 2.24) is 8.61 Å². The molecule has 0 N–H and O–H groups in total. The Balaban J connectivity index is 1.92. The Morgan fingerprint density at radius 2 is 1.92 bits per heavy atom. The molecule has 0 atom stereocenters. The second kappa shape index (κ2) is 9.70. The zero-order chi connectivity index (χ0) is 19.2. The second-order valence-corrected chi connectivity index (χ2v) is 8.89. The van der Waals surface area contributed by atoms with Crippen molar-refractivity contribution in [1.29, 1.82) is 0 Å². The SMILES string of the molecule is CCCCN(CCCC)SN(C)C(=O)OC1=CCCC2=C1OC(C)(C)C2. The minimum absolute atomic E-state index is 0.210. The van der Waals surface area contributed by atoms with E-state index in [0.717, 1.165) is 63.8 Å². The Morgan fingerprint density at radius 3 is 2.54 bits per heavy atom. The number of amides is 1. The maximum atomic E-state index is 12.6. The summed E-state index contributed by atoms with van der Waals surface area (Å²) in [4.78, 5) is 12.6. The van der Waals surface area contributed by atoms with Gasteiger partial charge in [-0.15, -0.1) is 0 Å². The van der Waals surface area contributed by atoms with Gasteiger partial charge in [0, 0.05) is 38.7 Å². The molecule has 0 saturated heterocycles. The average Bonchev–Trinajstić information content (AvgIpc) is 2.92. The van der Waals surface area contributed by atoms with Crippen molar-refractivity contribution in [2.75, 3.05) is 20.1 Å². The van der Waals surface area contributed by atoms with Crippen LogP contribution in [0.25, 0.3) is 0 Å². The second-order valence-electron chi connectivity index (χ2n) is 7.66. The minimum Gasteiger partial charge on any atom is -0.484 e. The molecule has 5 nitrogen and oxygen atoms in total. The Bertz CT molecular complexity index is 549. The Hall–Kier alpha value is -1.14. The number of allylic oxidation sites excluding steroid dienone is 1. The summed E-state index contributed by atoms with van der Waals surface area (Å²) in [5.74, 6) is 1.37. The van der Waals surface area contributed by atoms with Gasteiger partial charge >= 0.3 is 6.09 Å². The fourth-order valence-electron chi connectivity index (χ4n) is 3.19. The lowest BCUT2D eigenvalue weighted by Gasteiger charge is -2.26. The van der Waals surface area contributed by atoms with Crippen LogP contribution in [0, 0.1) is 0 Å². The molecule has 0 spiro atoms. The van der Waals surface area contributed by atoms with Gasteiger partial charge in [-0.25, -0.2) is 13.4 Å². The van der Waals surface area contributed by atoms with Crippen LogP contribution >= 0.6 is 12.1 Å². The monoisotopic (exact) mass is 382 g/mol. The Morgan fingerprint density at radius 1 is 1.27 bits per heavy atom. The number of rotatable bonds is 9. The lowest BCUT2D eigenvalue weighted by atomic mass is 9.95. The van der Waals surface area contributed by atoms with Gasteiger partial charge in [0.15, 0.2) is 11.5 Å². The molecule has 2 rings (SSSR count). The first kappa shape index (κ1) is 21.2. The normalized spacial score (nSPS) is 18.5. The Kier molecular flexibility index (Phi) is 7.89. The average molecular weight is 383 g/mol. The number of carbonyl (C=O) groups is 1. The third-order valence-corrected chi connectivity index (χ3v) is 5.54. The predicted molar refractivity (Wildman–Crippen MR) is 107 cm³/mol. The van der Waals surface area contributed by atoms with Crippen LogP contribution in [0.2, 0.25) is 0 Å². The van der Waals surface area contributed by atoms with Crippen LogP contribution in [0.1, 0.15) is 72.6 Å². The lowest BCUT2D eigenvalue weighted by molar-refractivity contribution is 0.0531. The summed E-state index contributed by atoms with van der Waals surface area (Å²) in [7, 11) is 1.77. The maximum Gasteiger partial charge on any atom is 0.426 e. The number of carbonyl (C=O) groups excluding carboxylic acids is 1. The molecule has 6 heteroatoms. The highest BCUT2D eigenvalue weighted by molar-refractivity contribution is 7.95. The van der Waals surface area contributed by atoms with E-state index in [4.69, 9.17) is 9.47 Å². The van der Waals surface area contributed by atoms with Gasteiger partial charge in [-0.3, -0.25) is 0 Å². The minimum atomic E-state index is -0.346. The molecule has 26 heavy (non-hydrogen) atoms. The van der Waals surface area contributed by atoms with E-state index in [0.29, 0.717) is 5.76 Å². The van der Waals surface area contributed by atoms with Crippen LogP contribution in [0.5, 0.6) is 0 Å². The summed E-state index contributed by atoms with van der Waals surface area (Å²) in [6.45, 7) is 10.5. The third kappa shape index (κ3) is 5.95. The Labute approximate surface area is 163 Å². The van der Waals surface area contributed by atoms with Crippen molar-refractivity contribution in [3.8, 4) is 0 Å². The third-order valence-electron chi connectivity index (χ3n) is 4.55. The number of nitrogens with zero attached hydrogens (tertiary/aromatic N) is 2. The van der Waals surface area contributed by atoms with E-state index in [1.807, 2.05) is 6.08 Å². The van der Waals surface area contributed by atoms with Gasteiger partial charge in [0.1, 0.15) is 5.60 Å². The molecule has 0 fully saturated rings.